The van der Waals surface area contributed by atoms with E-state index in [2.05, 4.69) is 9.71 Å². The van der Waals surface area contributed by atoms with Crippen LogP contribution in [0.15, 0.2) is 77.8 Å². The van der Waals surface area contributed by atoms with Crippen LogP contribution in [-0.4, -0.2) is 25.9 Å². The molecule has 182 valence electrons. The first-order valence-electron chi connectivity index (χ1n) is 11.0. The van der Waals surface area contributed by atoms with Gasteiger partial charge in [-0.15, -0.1) is 0 Å². The SMILES string of the molecule is CC(N=C1NS(=O)(=O)C(c2ccc(-c3cccc(C(N)=O)c3)cc2)C(C)(C)O1)c1ccccc1F. The summed E-state index contributed by atoms with van der Waals surface area (Å²) in [5.74, 6) is -0.954. The number of amides is 1. The van der Waals surface area contributed by atoms with Crippen molar-refractivity contribution in [2.75, 3.05) is 0 Å². The zero-order valence-corrected chi connectivity index (χ0v) is 20.3. The topological polar surface area (TPSA) is 111 Å². The van der Waals surface area contributed by atoms with Gasteiger partial charge in [0.05, 0.1) is 6.04 Å². The lowest BCUT2D eigenvalue weighted by molar-refractivity contribution is 0.0761. The second-order valence-corrected chi connectivity index (χ2v) is 10.7. The van der Waals surface area contributed by atoms with Crippen molar-refractivity contribution in [3.8, 4) is 11.1 Å². The number of ether oxygens (including phenoxy) is 1. The van der Waals surface area contributed by atoms with Gasteiger partial charge in [0.15, 0.2) is 0 Å². The monoisotopic (exact) mass is 495 g/mol. The van der Waals surface area contributed by atoms with Crippen molar-refractivity contribution in [3.05, 3.63) is 95.3 Å². The number of carbonyl (C=O) groups excluding carboxylic acids is 1. The molecule has 0 bridgehead atoms. The molecule has 2 atom stereocenters. The molecule has 9 heteroatoms. The fourth-order valence-corrected chi connectivity index (χ4v) is 6.04. The highest BCUT2D eigenvalue weighted by Crippen LogP contribution is 2.39. The molecule has 0 spiro atoms. The minimum atomic E-state index is -3.93. The van der Waals surface area contributed by atoms with Gasteiger partial charge in [-0.2, -0.15) is 0 Å². The second kappa shape index (κ2) is 9.14. The van der Waals surface area contributed by atoms with Crippen LogP contribution in [0.25, 0.3) is 11.1 Å². The normalized spacial score (nSPS) is 20.5. The summed E-state index contributed by atoms with van der Waals surface area (Å²) in [5.41, 5.74) is 7.04. The number of benzene rings is 3. The summed E-state index contributed by atoms with van der Waals surface area (Å²) < 4.78 is 49.0. The zero-order valence-electron chi connectivity index (χ0n) is 19.5. The summed E-state index contributed by atoms with van der Waals surface area (Å²) in [4.78, 5) is 15.8. The third-order valence-electron chi connectivity index (χ3n) is 5.89. The number of primary amides is 1. The van der Waals surface area contributed by atoms with Gasteiger partial charge in [-0.1, -0.05) is 54.6 Å². The first kappa shape index (κ1) is 24.4. The predicted molar refractivity (Wildman–Crippen MR) is 133 cm³/mol. The molecule has 1 amide bonds. The Kier molecular flexibility index (Phi) is 6.38. The average Bonchev–Trinajstić information content (AvgIpc) is 2.78. The van der Waals surface area contributed by atoms with Gasteiger partial charge < -0.3 is 10.5 Å². The average molecular weight is 496 g/mol. The van der Waals surface area contributed by atoms with E-state index in [9.17, 15) is 17.6 Å². The number of sulfonamides is 1. The summed E-state index contributed by atoms with van der Waals surface area (Å²) in [6.45, 7) is 5.00. The van der Waals surface area contributed by atoms with E-state index in [-0.39, 0.29) is 6.02 Å². The fraction of sp³-hybridized carbons (Fsp3) is 0.231. The number of rotatable bonds is 5. The third-order valence-corrected chi connectivity index (χ3v) is 7.81. The standard InChI is InChI=1S/C26H26FN3O4S/c1-16(21-9-4-5-10-22(21)27)29-25-30-35(32,33)23(26(2,3)34-25)18-13-11-17(12-14-18)19-7-6-8-20(15-19)24(28)31/h4-16,23H,1-3H3,(H2,28,31)(H,29,30). The summed E-state index contributed by atoms with van der Waals surface area (Å²) in [6.07, 6.45) is 0. The third kappa shape index (κ3) is 5.05. The van der Waals surface area contributed by atoms with E-state index in [1.165, 1.54) is 6.07 Å². The van der Waals surface area contributed by atoms with E-state index in [1.807, 2.05) is 6.07 Å². The molecule has 0 aliphatic carbocycles. The molecular formula is C26H26FN3O4S. The van der Waals surface area contributed by atoms with Crippen LogP contribution < -0.4 is 10.5 Å². The molecule has 0 saturated carbocycles. The van der Waals surface area contributed by atoms with E-state index in [0.717, 1.165) is 11.1 Å². The van der Waals surface area contributed by atoms with Gasteiger partial charge in [0, 0.05) is 11.1 Å². The summed E-state index contributed by atoms with van der Waals surface area (Å²) in [5, 5.41) is -1.02. The van der Waals surface area contributed by atoms with Crippen molar-refractivity contribution in [1.82, 2.24) is 4.72 Å². The Hall–Kier alpha value is -3.72. The predicted octanol–water partition coefficient (Wildman–Crippen LogP) is 4.48. The van der Waals surface area contributed by atoms with Crippen LogP contribution >= 0.6 is 0 Å². The van der Waals surface area contributed by atoms with Gasteiger partial charge in [0.1, 0.15) is 16.7 Å². The highest BCUT2D eigenvalue weighted by Gasteiger charge is 2.48. The smallest absolute Gasteiger partial charge is 0.299 e. The molecule has 3 N–H and O–H groups in total. The van der Waals surface area contributed by atoms with Crippen LogP contribution in [0.5, 0.6) is 0 Å². The molecular weight excluding hydrogens is 469 g/mol. The molecule has 35 heavy (non-hydrogen) atoms. The number of hydrogen-bond donors (Lipinski definition) is 2. The van der Waals surface area contributed by atoms with E-state index >= 15 is 0 Å². The molecule has 1 saturated heterocycles. The Labute approximate surface area is 203 Å². The van der Waals surface area contributed by atoms with Gasteiger partial charge >= 0.3 is 0 Å². The van der Waals surface area contributed by atoms with Crippen LogP contribution in [0.3, 0.4) is 0 Å². The molecule has 3 aromatic carbocycles. The second-order valence-electron chi connectivity index (χ2n) is 8.93. The molecule has 7 nitrogen and oxygen atoms in total. The molecule has 3 aromatic rings. The largest absolute Gasteiger partial charge is 0.457 e. The molecule has 1 aliphatic rings. The van der Waals surface area contributed by atoms with Crippen molar-refractivity contribution in [3.63, 3.8) is 0 Å². The lowest BCUT2D eigenvalue weighted by atomic mass is 9.95. The van der Waals surface area contributed by atoms with Crippen molar-refractivity contribution < 1.29 is 22.3 Å². The van der Waals surface area contributed by atoms with Gasteiger partial charge in [0.25, 0.3) is 6.02 Å². The van der Waals surface area contributed by atoms with Crippen LogP contribution in [0.1, 0.15) is 53.5 Å². The number of nitrogens with two attached hydrogens (primary N) is 1. The molecule has 0 aromatic heterocycles. The van der Waals surface area contributed by atoms with Crippen LogP contribution in [-0.2, 0) is 14.8 Å². The number of carbonyl (C=O) groups is 1. The number of nitrogens with one attached hydrogen (secondary N) is 1. The number of hydrogen-bond acceptors (Lipinski definition) is 5. The van der Waals surface area contributed by atoms with Crippen molar-refractivity contribution in [2.24, 2.45) is 10.7 Å². The first-order valence-corrected chi connectivity index (χ1v) is 12.6. The molecule has 1 fully saturated rings. The highest BCUT2D eigenvalue weighted by molar-refractivity contribution is 7.90. The van der Waals surface area contributed by atoms with Crippen LogP contribution in [0.4, 0.5) is 4.39 Å². The summed E-state index contributed by atoms with van der Waals surface area (Å²) in [6, 6.07) is 19.2. The molecule has 4 rings (SSSR count). The molecule has 1 heterocycles. The van der Waals surface area contributed by atoms with Crippen molar-refractivity contribution in [2.45, 2.75) is 37.7 Å². The molecule has 0 radical (unpaired) electrons. The molecule has 2 unspecified atom stereocenters. The van der Waals surface area contributed by atoms with Gasteiger partial charge in [-0.25, -0.2) is 22.5 Å². The number of amidine groups is 1. The van der Waals surface area contributed by atoms with Gasteiger partial charge in [-0.3, -0.25) is 4.79 Å². The van der Waals surface area contributed by atoms with Gasteiger partial charge in [-0.05, 0) is 55.7 Å². The maximum absolute atomic E-state index is 14.1. The van der Waals surface area contributed by atoms with Crippen molar-refractivity contribution >= 4 is 22.0 Å². The minimum absolute atomic E-state index is 0.179. The Morgan fingerprint density at radius 1 is 1.06 bits per heavy atom. The van der Waals surface area contributed by atoms with Crippen molar-refractivity contribution in [1.29, 1.82) is 0 Å². The summed E-state index contributed by atoms with van der Waals surface area (Å²) in [7, 11) is -3.93. The number of nitrogens with zero attached hydrogens (tertiary/aromatic N) is 1. The van der Waals surface area contributed by atoms with Crippen LogP contribution in [0, 0.1) is 5.82 Å². The molecule has 1 aliphatic heterocycles. The lowest BCUT2D eigenvalue weighted by Crippen LogP contribution is -2.53. The summed E-state index contributed by atoms with van der Waals surface area (Å²) >= 11 is 0. The van der Waals surface area contributed by atoms with E-state index in [4.69, 9.17) is 10.5 Å². The maximum Gasteiger partial charge on any atom is 0.299 e. The zero-order chi connectivity index (χ0) is 25.4. The van der Waals surface area contributed by atoms with E-state index in [1.54, 1.807) is 81.4 Å². The quantitative estimate of drug-likeness (QED) is 0.544. The number of halogens is 1. The van der Waals surface area contributed by atoms with E-state index < -0.39 is 38.6 Å². The highest BCUT2D eigenvalue weighted by atomic mass is 32.2. The Bertz CT molecular complexity index is 1400. The lowest BCUT2D eigenvalue weighted by Gasteiger charge is -2.39. The van der Waals surface area contributed by atoms with Crippen LogP contribution in [0.2, 0.25) is 0 Å². The Morgan fingerprint density at radius 3 is 2.37 bits per heavy atom. The Morgan fingerprint density at radius 2 is 1.74 bits per heavy atom. The minimum Gasteiger partial charge on any atom is -0.457 e. The maximum atomic E-state index is 14.1. The number of aliphatic imine (C=N–C) groups is 1. The van der Waals surface area contributed by atoms with E-state index in [0.29, 0.717) is 16.7 Å². The van der Waals surface area contributed by atoms with Gasteiger partial charge in [0.2, 0.25) is 15.9 Å². The Balaban J connectivity index is 1.61. The first-order chi connectivity index (χ1) is 16.5. The fourth-order valence-electron chi connectivity index (χ4n) is 4.27.